The van der Waals surface area contributed by atoms with Crippen LogP contribution < -0.4 is 0 Å². The van der Waals surface area contributed by atoms with Crippen LogP contribution in [0.2, 0.25) is 5.02 Å². The van der Waals surface area contributed by atoms with E-state index >= 15 is 0 Å². The molecule has 24 heavy (non-hydrogen) atoms. The van der Waals surface area contributed by atoms with Crippen LogP contribution in [0.15, 0.2) is 84.9 Å². The molecule has 0 spiro atoms. The standard InChI is InChI=1S/C23H17Cl/c1-16-6-8-17(9-7-16)20-14-15-21(18-10-12-19(24)13-11-18)23-5-3-2-4-22(20)23/h2-15H,1H3. The lowest BCUT2D eigenvalue weighted by Gasteiger charge is -2.12. The molecule has 0 aliphatic heterocycles. The molecule has 0 aliphatic rings. The van der Waals surface area contributed by atoms with Crippen LogP contribution in [0, 0.1) is 6.92 Å². The lowest BCUT2D eigenvalue weighted by Crippen LogP contribution is -1.86. The summed E-state index contributed by atoms with van der Waals surface area (Å²) in [6.45, 7) is 2.12. The fourth-order valence-electron chi connectivity index (χ4n) is 3.17. The van der Waals surface area contributed by atoms with Gasteiger partial charge in [-0.2, -0.15) is 0 Å². The molecular formula is C23H17Cl. The van der Waals surface area contributed by atoms with Gasteiger partial charge in [-0.1, -0.05) is 90.0 Å². The molecule has 0 saturated carbocycles. The Morgan fingerprint density at radius 3 is 1.50 bits per heavy atom. The molecule has 0 saturated heterocycles. The molecule has 0 N–H and O–H groups in total. The molecule has 0 bridgehead atoms. The highest BCUT2D eigenvalue weighted by atomic mass is 35.5. The highest BCUT2D eigenvalue weighted by molar-refractivity contribution is 6.30. The topological polar surface area (TPSA) is 0 Å². The van der Waals surface area contributed by atoms with Crippen molar-refractivity contribution >= 4 is 22.4 Å². The van der Waals surface area contributed by atoms with Crippen molar-refractivity contribution in [2.75, 3.05) is 0 Å². The van der Waals surface area contributed by atoms with Crippen LogP contribution in [0.3, 0.4) is 0 Å². The second-order valence-electron chi connectivity index (χ2n) is 6.08. The summed E-state index contributed by atoms with van der Waals surface area (Å²) in [5, 5.41) is 3.30. The molecule has 4 aromatic carbocycles. The molecular weight excluding hydrogens is 312 g/mol. The van der Waals surface area contributed by atoms with Gasteiger partial charge in [0.2, 0.25) is 0 Å². The van der Waals surface area contributed by atoms with Gasteiger partial charge in [0.15, 0.2) is 0 Å². The number of hydrogen-bond donors (Lipinski definition) is 0. The van der Waals surface area contributed by atoms with Crippen molar-refractivity contribution in [3.63, 3.8) is 0 Å². The molecule has 0 radical (unpaired) electrons. The van der Waals surface area contributed by atoms with E-state index < -0.39 is 0 Å². The summed E-state index contributed by atoms with van der Waals surface area (Å²) in [7, 11) is 0. The third kappa shape index (κ3) is 2.70. The minimum atomic E-state index is 0.763. The van der Waals surface area contributed by atoms with Crippen molar-refractivity contribution in [3.05, 3.63) is 95.5 Å². The molecule has 0 nitrogen and oxygen atoms in total. The SMILES string of the molecule is Cc1ccc(-c2ccc(-c3ccc(Cl)cc3)c3ccccc23)cc1. The van der Waals surface area contributed by atoms with Crippen molar-refractivity contribution in [2.24, 2.45) is 0 Å². The lowest BCUT2D eigenvalue weighted by atomic mass is 9.92. The highest BCUT2D eigenvalue weighted by Crippen LogP contribution is 2.35. The smallest absolute Gasteiger partial charge is 0.0406 e. The fraction of sp³-hybridized carbons (Fsp3) is 0.0435. The van der Waals surface area contributed by atoms with E-state index in [1.165, 1.54) is 38.6 Å². The maximum absolute atomic E-state index is 6.04. The van der Waals surface area contributed by atoms with Crippen molar-refractivity contribution < 1.29 is 0 Å². The predicted molar refractivity (Wildman–Crippen MR) is 105 cm³/mol. The van der Waals surface area contributed by atoms with Crippen LogP contribution in [0.5, 0.6) is 0 Å². The van der Waals surface area contributed by atoms with Crippen molar-refractivity contribution in [1.29, 1.82) is 0 Å². The monoisotopic (exact) mass is 328 g/mol. The van der Waals surface area contributed by atoms with Crippen LogP contribution in [-0.2, 0) is 0 Å². The van der Waals surface area contributed by atoms with Crippen molar-refractivity contribution in [3.8, 4) is 22.3 Å². The summed E-state index contributed by atoms with van der Waals surface area (Å²) in [6.07, 6.45) is 0. The van der Waals surface area contributed by atoms with E-state index in [1.54, 1.807) is 0 Å². The Kier molecular flexibility index (Phi) is 3.84. The number of benzene rings is 4. The van der Waals surface area contributed by atoms with Gasteiger partial charge >= 0.3 is 0 Å². The normalized spacial score (nSPS) is 10.9. The number of rotatable bonds is 2. The zero-order chi connectivity index (χ0) is 16.5. The van der Waals surface area contributed by atoms with E-state index in [9.17, 15) is 0 Å². The lowest BCUT2D eigenvalue weighted by molar-refractivity contribution is 1.47. The van der Waals surface area contributed by atoms with Gasteiger partial charge < -0.3 is 0 Å². The average molecular weight is 329 g/mol. The maximum Gasteiger partial charge on any atom is 0.0406 e. The van der Waals surface area contributed by atoms with Crippen LogP contribution in [0.25, 0.3) is 33.0 Å². The second kappa shape index (κ2) is 6.14. The number of aryl methyl sites for hydroxylation is 1. The Morgan fingerprint density at radius 2 is 1.00 bits per heavy atom. The Balaban J connectivity index is 1.95. The van der Waals surface area contributed by atoms with Gasteiger partial charge in [0.1, 0.15) is 0 Å². The van der Waals surface area contributed by atoms with Gasteiger partial charge in [0.05, 0.1) is 0 Å². The molecule has 0 aliphatic carbocycles. The van der Waals surface area contributed by atoms with E-state index in [0.717, 1.165) is 5.02 Å². The van der Waals surface area contributed by atoms with Gasteiger partial charge in [0, 0.05) is 5.02 Å². The summed E-state index contributed by atoms with van der Waals surface area (Å²) in [4.78, 5) is 0. The molecule has 0 fully saturated rings. The Labute approximate surface area is 147 Å². The molecule has 1 heteroatoms. The first kappa shape index (κ1) is 15.0. The van der Waals surface area contributed by atoms with Crippen molar-refractivity contribution in [1.82, 2.24) is 0 Å². The van der Waals surface area contributed by atoms with Crippen LogP contribution in [0.4, 0.5) is 0 Å². The third-order valence-electron chi connectivity index (χ3n) is 4.44. The maximum atomic E-state index is 6.04. The van der Waals surface area contributed by atoms with E-state index in [1.807, 2.05) is 12.1 Å². The molecule has 0 heterocycles. The Morgan fingerprint density at radius 1 is 0.542 bits per heavy atom. The predicted octanol–water partition coefficient (Wildman–Crippen LogP) is 7.14. The number of halogens is 1. The summed E-state index contributed by atoms with van der Waals surface area (Å²) >= 11 is 6.04. The first-order valence-electron chi connectivity index (χ1n) is 8.07. The summed E-state index contributed by atoms with van der Waals surface area (Å²) in [5.41, 5.74) is 6.22. The van der Waals surface area contributed by atoms with E-state index in [2.05, 4.69) is 79.7 Å². The first-order chi connectivity index (χ1) is 11.7. The van der Waals surface area contributed by atoms with Gasteiger partial charge in [-0.3, -0.25) is 0 Å². The minimum absolute atomic E-state index is 0.763. The number of hydrogen-bond acceptors (Lipinski definition) is 0. The molecule has 0 unspecified atom stereocenters. The Hall–Kier alpha value is -2.57. The van der Waals surface area contributed by atoms with Crippen molar-refractivity contribution in [2.45, 2.75) is 6.92 Å². The van der Waals surface area contributed by atoms with E-state index in [0.29, 0.717) is 0 Å². The third-order valence-corrected chi connectivity index (χ3v) is 4.69. The van der Waals surface area contributed by atoms with Gasteiger partial charge in [-0.05, 0) is 52.1 Å². The second-order valence-corrected chi connectivity index (χ2v) is 6.52. The minimum Gasteiger partial charge on any atom is -0.0843 e. The highest BCUT2D eigenvalue weighted by Gasteiger charge is 2.09. The Bertz CT molecular complexity index is 912. The van der Waals surface area contributed by atoms with Crippen LogP contribution in [-0.4, -0.2) is 0 Å². The number of fused-ring (bicyclic) bond motifs is 1. The molecule has 0 amide bonds. The van der Waals surface area contributed by atoms with Crippen LogP contribution in [0.1, 0.15) is 5.56 Å². The molecule has 0 atom stereocenters. The van der Waals surface area contributed by atoms with Gasteiger partial charge in [-0.15, -0.1) is 0 Å². The molecule has 116 valence electrons. The largest absolute Gasteiger partial charge is 0.0843 e. The summed E-state index contributed by atoms with van der Waals surface area (Å²) in [5.74, 6) is 0. The quantitative estimate of drug-likeness (QED) is 0.367. The zero-order valence-electron chi connectivity index (χ0n) is 13.5. The summed E-state index contributed by atoms with van der Waals surface area (Å²) in [6, 6.07) is 29.8. The molecule has 4 rings (SSSR count). The zero-order valence-corrected chi connectivity index (χ0v) is 14.2. The van der Waals surface area contributed by atoms with Gasteiger partial charge in [0.25, 0.3) is 0 Å². The fourth-order valence-corrected chi connectivity index (χ4v) is 3.29. The van der Waals surface area contributed by atoms with E-state index in [-0.39, 0.29) is 0 Å². The molecule has 4 aromatic rings. The molecule has 0 aromatic heterocycles. The van der Waals surface area contributed by atoms with E-state index in [4.69, 9.17) is 11.6 Å². The first-order valence-corrected chi connectivity index (χ1v) is 8.45. The van der Waals surface area contributed by atoms with Crippen LogP contribution >= 0.6 is 11.6 Å². The summed E-state index contributed by atoms with van der Waals surface area (Å²) < 4.78 is 0. The average Bonchev–Trinajstić information content (AvgIpc) is 2.62. The van der Waals surface area contributed by atoms with Gasteiger partial charge in [-0.25, -0.2) is 0 Å².